The number of aromatic amines is 1. The number of fused-ring (bicyclic) bond motifs is 1. The van der Waals surface area contributed by atoms with Gasteiger partial charge in [-0.05, 0) is 18.2 Å². The van der Waals surface area contributed by atoms with E-state index in [-0.39, 0.29) is 5.78 Å². The molecule has 0 fully saturated rings. The molecule has 4 rings (SSSR count). The van der Waals surface area contributed by atoms with Gasteiger partial charge in [0.2, 0.25) is 5.78 Å². The van der Waals surface area contributed by atoms with Crippen LogP contribution in [0.25, 0.3) is 10.9 Å². The van der Waals surface area contributed by atoms with Crippen molar-refractivity contribution in [3.05, 3.63) is 96.4 Å². The Morgan fingerprint density at radius 3 is 2.26 bits per heavy atom. The second-order valence-corrected chi connectivity index (χ2v) is 4.86. The minimum absolute atomic E-state index is 0.0295. The van der Waals surface area contributed by atoms with Gasteiger partial charge in [0, 0.05) is 23.3 Å². The maximum Gasteiger partial charge on any atom is 0.210 e. The molecule has 0 bridgehead atoms. The molecule has 0 saturated heterocycles. The van der Waals surface area contributed by atoms with E-state index in [1.165, 1.54) is 5.39 Å². The monoisotopic (exact) mass is 301 g/mol. The van der Waals surface area contributed by atoms with Crippen LogP contribution in [0.2, 0.25) is 0 Å². The molecule has 112 valence electrons. The molecule has 0 unspecified atom stereocenters. The van der Waals surface area contributed by atoms with Gasteiger partial charge in [-0.1, -0.05) is 54.6 Å². The average molecular weight is 301 g/mol. The van der Waals surface area contributed by atoms with Crippen LogP contribution in [-0.4, -0.2) is 21.0 Å². The zero-order chi connectivity index (χ0) is 15.9. The molecular formula is C19H15N3O. The SMILES string of the molecule is O=C(c1ccccc1)c1ccn[nH]1.c1ccc2ncccc2c1. The molecule has 4 nitrogen and oxygen atoms in total. The van der Waals surface area contributed by atoms with Gasteiger partial charge in [0.25, 0.3) is 0 Å². The summed E-state index contributed by atoms with van der Waals surface area (Å²) in [5.41, 5.74) is 2.25. The van der Waals surface area contributed by atoms with Crippen molar-refractivity contribution in [2.45, 2.75) is 0 Å². The second kappa shape index (κ2) is 7.13. The van der Waals surface area contributed by atoms with E-state index in [1.807, 2.05) is 48.7 Å². The van der Waals surface area contributed by atoms with Gasteiger partial charge in [0.1, 0.15) is 5.69 Å². The van der Waals surface area contributed by atoms with Gasteiger partial charge in [-0.15, -0.1) is 0 Å². The maximum atomic E-state index is 11.6. The summed E-state index contributed by atoms with van der Waals surface area (Å²) in [6, 6.07) is 22.9. The lowest BCUT2D eigenvalue weighted by Crippen LogP contribution is -2.00. The Balaban J connectivity index is 0.000000140. The fourth-order valence-corrected chi connectivity index (χ4v) is 2.14. The molecule has 1 N–H and O–H groups in total. The van der Waals surface area contributed by atoms with E-state index < -0.39 is 0 Å². The molecule has 0 aliphatic rings. The van der Waals surface area contributed by atoms with Crippen molar-refractivity contribution >= 4 is 16.7 Å². The largest absolute Gasteiger partial charge is 0.287 e. The lowest BCUT2D eigenvalue weighted by molar-refractivity contribution is 0.103. The molecule has 0 atom stereocenters. The molecule has 0 amide bonds. The second-order valence-electron chi connectivity index (χ2n) is 4.86. The molecule has 0 spiro atoms. The third kappa shape index (κ3) is 3.68. The highest BCUT2D eigenvalue weighted by Crippen LogP contribution is 2.08. The Labute approximate surface area is 133 Å². The molecule has 0 radical (unpaired) electrons. The average Bonchev–Trinajstić information content (AvgIpc) is 3.17. The van der Waals surface area contributed by atoms with Crippen molar-refractivity contribution in [1.29, 1.82) is 0 Å². The smallest absolute Gasteiger partial charge is 0.210 e. The standard InChI is InChI=1S/C10H8N2O.C9H7N/c13-10(9-6-7-11-12-9)8-4-2-1-3-5-8;1-2-6-9-8(4-1)5-3-7-10-9/h1-7H,(H,11,12);1-7H. The third-order valence-electron chi connectivity index (χ3n) is 3.29. The Kier molecular flexibility index (Phi) is 4.55. The zero-order valence-corrected chi connectivity index (χ0v) is 12.4. The molecule has 4 heteroatoms. The number of pyridine rings is 1. The Morgan fingerprint density at radius 1 is 0.783 bits per heavy atom. The molecule has 0 saturated carbocycles. The quantitative estimate of drug-likeness (QED) is 0.572. The van der Waals surface area contributed by atoms with Crippen LogP contribution in [0.3, 0.4) is 0 Å². The number of ketones is 1. The fraction of sp³-hybridized carbons (Fsp3) is 0. The van der Waals surface area contributed by atoms with Crippen LogP contribution in [0.15, 0.2) is 85.2 Å². The van der Waals surface area contributed by atoms with Crippen molar-refractivity contribution in [1.82, 2.24) is 15.2 Å². The summed E-state index contributed by atoms with van der Waals surface area (Å²) < 4.78 is 0. The first kappa shape index (κ1) is 14.7. The van der Waals surface area contributed by atoms with Crippen LogP contribution >= 0.6 is 0 Å². The number of hydrogen-bond donors (Lipinski definition) is 1. The number of rotatable bonds is 2. The number of H-pyrrole nitrogens is 1. The topological polar surface area (TPSA) is 58.6 Å². The summed E-state index contributed by atoms with van der Waals surface area (Å²) in [7, 11) is 0. The predicted octanol–water partition coefficient (Wildman–Crippen LogP) is 3.88. The highest BCUT2D eigenvalue weighted by molar-refractivity contribution is 6.07. The minimum atomic E-state index is -0.0295. The molecule has 4 aromatic rings. The van der Waals surface area contributed by atoms with E-state index in [0.29, 0.717) is 11.3 Å². The molecule has 2 aromatic heterocycles. The van der Waals surface area contributed by atoms with Crippen molar-refractivity contribution in [2.24, 2.45) is 0 Å². The van der Waals surface area contributed by atoms with Gasteiger partial charge in [-0.2, -0.15) is 5.10 Å². The molecule has 2 heterocycles. The first-order valence-electron chi connectivity index (χ1n) is 7.23. The summed E-state index contributed by atoms with van der Waals surface area (Å²) in [5, 5.41) is 7.56. The summed E-state index contributed by atoms with van der Waals surface area (Å²) >= 11 is 0. The van der Waals surface area contributed by atoms with Gasteiger partial charge in [0.05, 0.1) is 5.52 Å². The van der Waals surface area contributed by atoms with Crippen molar-refractivity contribution in [3.63, 3.8) is 0 Å². The van der Waals surface area contributed by atoms with E-state index in [0.717, 1.165) is 5.52 Å². The number of aromatic nitrogens is 3. The highest BCUT2D eigenvalue weighted by Gasteiger charge is 2.08. The molecule has 0 aliphatic carbocycles. The fourth-order valence-electron chi connectivity index (χ4n) is 2.14. The minimum Gasteiger partial charge on any atom is -0.287 e. The van der Waals surface area contributed by atoms with Crippen molar-refractivity contribution < 1.29 is 4.79 Å². The van der Waals surface area contributed by atoms with Crippen molar-refractivity contribution in [2.75, 3.05) is 0 Å². The summed E-state index contributed by atoms with van der Waals surface area (Å²) in [6.45, 7) is 0. The molecular weight excluding hydrogens is 286 g/mol. The number of benzene rings is 2. The van der Waals surface area contributed by atoms with E-state index in [9.17, 15) is 4.79 Å². The third-order valence-corrected chi connectivity index (χ3v) is 3.29. The predicted molar refractivity (Wildman–Crippen MR) is 90.2 cm³/mol. The lowest BCUT2D eigenvalue weighted by atomic mass is 10.1. The number of nitrogens with one attached hydrogen (secondary N) is 1. The lowest BCUT2D eigenvalue weighted by Gasteiger charge is -1.95. The number of carbonyl (C=O) groups is 1. The highest BCUT2D eigenvalue weighted by atomic mass is 16.1. The van der Waals surface area contributed by atoms with E-state index in [4.69, 9.17) is 0 Å². The molecule has 2 aromatic carbocycles. The van der Waals surface area contributed by atoms with Gasteiger partial charge in [0.15, 0.2) is 0 Å². The Hall–Kier alpha value is -3.27. The first-order valence-corrected chi connectivity index (χ1v) is 7.23. The molecule has 23 heavy (non-hydrogen) atoms. The Bertz CT molecular complexity index is 821. The van der Waals surface area contributed by atoms with E-state index >= 15 is 0 Å². The maximum absolute atomic E-state index is 11.6. The van der Waals surface area contributed by atoms with E-state index in [2.05, 4.69) is 27.3 Å². The Morgan fingerprint density at radius 2 is 1.52 bits per heavy atom. The number of carbonyl (C=O) groups excluding carboxylic acids is 1. The van der Waals surface area contributed by atoms with Gasteiger partial charge < -0.3 is 0 Å². The summed E-state index contributed by atoms with van der Waals surface area (Å²) in [6.07, 6.45) is 3.37. The van der Waals surface area contributed by atoms with Gasteiger partial charge in [-0.25, -0.2) is 0 Å². The van der Waals surface area contributed by atoms with Crippen LogP contribution < -0.4 is 0 Å². The van der Waals surface area contributed by atoms with Crippen LogP contribution in [0.5, 0.6) is 0 Å². The first-order chi connectivity index (χ1) is 11.3. The zero-order valence-electron chi connectivity index (χ0n) is 12.4. The number of nitrogens with zero attached hydrogens (tertiary/aromatic N) is 2. The van der Waals surface area contributed by atoms with Crippen LogP contribution in [-0.2, 0) is 0 Å². The summed E-state index contributed by atoms with van der Waals surface area (Å²) in [5.74, 6) is -0.0295. The van der Waals surface area contributed by atoms with Crippen LogP contribution in [0.4, 0.5) is 0 Å². The number of para-hydroxylation sites is 1. The van der Waals surface area contributed by atoms with Crippen LogP contribution in [0, 0.1) is 0 Å². The normalized spacial score (nSPS) is 9.91. The van der Waals surface area contributed by atoms with Gasteiger partial charge in [-0.3, -0.25) is 14.9 Å². The van der Waals surface area contributed by atoms with Gasteiger partial charge >= 0.3 is 0 Å². The molecule has 0 aliphatic heterocycles. The number of hydrogen-bond acceptors (Lipinski definition) is 3. The van der Waals surface area contributed by atoms with Crippen LogP contribution in [0.1, 0.15) is 16.1 Å². The van der Waals surface area contributed by atoms with Crippen molar-refractivity contribution in [3.8, 4) is 0 Å². The summed E-state index contributed by atoms with van der Waals surface area (Å²) in [4.78, 5) is 15.8. The van der Waals surface area contributed by atoms with E-state index in [1.54, 1.807) is 24.4 Å².